The molecule has 1 atom stereocenters. The zero-order valence-electron chi connectivity index (χ0n) is 9.26. The van der Waals surface area contributed by atoms with Crippen molar-refractivity contribution in [1.29, 1.82) is 0 Å². The third-order valence-electron chi connectivity index (χ3n) is 2.21. The summed E-state index contributed by atoms with van der Waals surface area (Å²) in [6.45, 7) is 0.308. The van der Waals surface area contributed by atoms with Crippen LogP contribution < -0.4 is 5.73 Å². The lowest BCUT2D eigenvalue weighted by molar-refractivity contribution is 0.177. The summed E-state index contributed by atoms with van der Waals surface area (Å²) in [5.41, 5.74) is 6.40. The molecule has 0 fully saturated rings. The number of hydrogen-bond acceptors (Lipinski definition) is 5. The van der Waals surface area contributed by atoms with Gasteiger partial charge in [-0.2, -0.15) is 4.98 Å². The summed E-state index contributed by atoms with van der Waals surface area (Å²) in [5.74, 6) is 0.363. The summed E-state index contributed by atoms with van der Waals surface area (Å²) < 4.78 is 22.7. The number of halogens is 1. The molecule has 0 radical (unpaired) electrons. The number of aromatic nitrogens is 2. The number of methoxy groups -OCH3 is 1. The molecule has 5 nitrogen and oxygen atoms in total. The van der Waals surface area contributed by atoms with Crippen LogP contribution in [0.2, 0.25) is 0 Å². The standard InChI is InChI=1S/C11H12FN3O2/c1-16-6-9(13)10-14-11(17-15-10)7-2-4-8(12)5-3-7/h2-5,9H,6,13H2,1H3. The first kappa shape index (κ1) is 11.7. The molecule has 2 rings (SSSR count). The molecule has 0 aliphatic heterocycles. The minimum atomic E-state index is -0.432. The Balaban J connectivity index is 2.20. The van der Waals surface area contributed by atoms with E-state index in [0.29, 0.717) is 23.9 Å². The molecule has 0 aliphatic rings. The number of nitrogens with two attached hydrogens (primary N) is 1. The molecule has 0 amide bonds. The topological polar surface area (TPSA) is 74.2 Å². The lowest BCUT2D eigenvalue weighted by Crippen LogP contribution is -2.17. The maximum absolute atomic E-state index is 12.7. The van der Waals surface area contributed by atoms with E-state index in [-0.39, 0.29) is 5.82 Å². The fraction of sp³-hybridized carbons (Fsp3) is 0.273. The van der Waals surface area contributed by atoms with Gasteiger partial charge in [0.2, 0.25) is 0 Å². The molecule has 0 spiro atoms. The van der Waals surface area contributed by atoms with Gasteiger partial charge in [0.15, 0.2) is 5.82 Å². The molecule has 0 saturated carbocycles. The fourth-order valence-electron chi connectivity index (χ4n) is 1.35. The van der Waals surface area contributed by atoms with Crippen molar-refractivity contribution in [3.05, 3.63) is 35.9 Å². The Hall–Kier alpha value is -1.79. The van der Waals surface area contributed by atoms with Gasteiger partial charge in [-0.05, 0) is 24.3 Å². The molecule has 1 aromatic heterocycles. The number of rotatable bonds is 4. The van der Waals surface area contributed by atoms with E-state index in [4.69, 9.17) is 15.0 Å². The molecule has 90 valence electrons. The Labute approximate surface area is 97.4 Å². The number of hydrogen-bond donors (Lipinski definition) is 1. The van der Waals surface area contributed by atoms with Crippen LogP contribution in [0.25, 0.3) is 11.5 Å². The predicted molar refractivity (Wildman–Crippen MR) is 58.5 cm³/mol. The van der Waals surface area contributed by atoms with E-state index in [1.165, 1.54) is 12.1 Å². The van der Waals surface area contributed by atoms with Gasteiger partial charge in [-0.25, -0.2) is 4.39 Å². The molecule has 1 unspecified atom stereocenters. The third-order valence-corrected chi connectivity index (χ3v) is 2.21. The van der Waals surface area contributed by atoms with Crippen LogP contribution in [0, 0.1) is 5.82 Å². The van der Waals surface area contributed by atoms with Crippen LogP contribution in [0.15, 0.2) is 28.8 Å². The summed E-state index contributed by atoms with van der Waals surface area (Å²) in [5, 5.41) is 3.75. The summed E-state index contributed by atoms with van der Waals surface area (Å²) >= 11 is 0. The first-order valence-corrected chi connectivity index (χ1v) is 5.05. The fourth-order valence-corrected chi connectivity index (χ4v) is 1.35. The van der Waals surface area contributed by atoms with Crippen LogP contribution in [0.4, 0.5) is 4.39 Å². The minimum Gasteiger partial charge on any atom is -0.383 e. The van der Waals surface area contributed by atoms with Gasteiger partial charge in [-0.15, -0.1) is 0 Å². The Morgan fingerprint density at radius 2 is 2.12 bits per heavy atom. The molecule has 0 saturated heterocycles. The normalized spacial score (nSPS) is 12.6. The summed E-state index contributed by atoms with van der Waals surface area (Å²) in [7, 11) is 1.54. The van der Waals surface area contributed by atoms with Crippen molar-refractivity contribution in [3.63, 3.8) is 0 Å². The maximum Gasteiger partial charge on any atom is 0.257 e. The van der Waals surface area contributed by atoms with Crippen LogP contribution in [0.1, 0.15) is 11.9 Å². The Kier molecular flexibility index (Phi) is 3.46. The minimum absolute atomic E-state index is 0.308. The van der Waals surface area contributed by atoms with Crippen molar-refractivity contribution in [2.24, 2.45) is 5.73 Å². The first-order chi connectivity index (χ1) is 8.20. The van der Waals surface area contributed by atoms with Gasteiger partial charge < -0.3 is 15.0 Å². The number of ether oxygens (including phenoxy) is 1. The summed E-state index contributed by atoms with van der Waals surface area (Å²) in [6.07, 6.45) is 0. The van der Waals surface area contributed by atoms with Crippen LogP contribution in [0.5, 0.6) is 0 Å². The molecular weight excluding hydrogens is 225 g/mol. The lowest BCUT2D eigenvalue weighted by Gasteiger charge is -2.03. The van der Waals surface area contributed by atoms with E-state index in [1.54, 1.807) is 19.2 Å². The molecule has 6 heteroatoms. The van der Waals surface area contributed by atoms with Gasteiger partial charge in [0.25, 0.3) is 5.89 Å². The van der Waals surface area contributed by atoms with Gasteiger partial charge in [-0.3, -0.25) is 0 Å². The van der Waals surface area contributed by atoms with Crippen LogP contribution in [0.3, 0.4) is 0 Å². The van der Waals surface area contributed by atoms with E-state index in [1.807, 2.05) is 0 Å². The van der Waals surface area contributed by atoms with Crippen molar-refractivity contribution in [3.8, 4) is 11.5 Å². The van der Waals surface area contributed by atoms with E-state index in [0.717, 1.165) is 0 Å². The molecule has 2 aromatic rings. The van der Waals surface area contributed by atoms with Crippen molar-refractivity contribution in [2.75, 3.05) is 13.7 Å². The lowest BCUT2D eigenvalue weighted by atomic mass is 10.2. The Morgan fingerprint density at radius 3 is 2.76 bits per heavy atom. The number of nitrogens with zero attached hydrogens (tertiary/aromatic N) is 2. The van der Waals surface area contributed by atoms with Crippen molar-refractivity contribution < 1.29 is 13.7 Å². The summed E-state index contributed by atoms with van der Waals surface area (Å²) in [4.78, 5) is 4.12. The quantitative estimate of drug-likeness (QED) is 0.872. The molecule has 1 aromatic carbocycles. The van der Waals surface area contributed by atoms with Gasteiger partial charge in [0.05, 0.1) is 12.6 Å². The van der Waals surface area contributed by atoms with E-state index in [2.05, 4.69) is 10.1 Å². The molecule has 2 N–H and O–H groups in total. The Morgan fingerprint density at radius 1 is 1.41 bits per heavy atom. The second kappa shape index (κ2) is 5.03. The highest BCUT2D eigenvalue weighted by molar-refractivity contribution is 5.52. The second-order valence-electron chi connectivity index (χ2n) is 3.53. The zero-order valence-corrected chi connectivity index (χ0v) is 9.26. The van der Waals surface area contributed by atoms with Crippen molar-refractivity contribution >= 4 is 0 Å². The molecule has 0 bridgehead atoms. The Bertz CT molecular complexity index is 484. The highest BCUT2D eigenvalue weighted by Gasteiger charge is 2.14. The van der Waals surface area contributed by atoms with E-state index in [9.17, 15) is 4.39 Å². The van der Waals surface area contributed by atoms with Crippen LogP contribution in [-0.2, 0) is 4.74 Å². The zero-order chi connectivity index (χ0) is 12.3. The molecular formula is C11H12FN3O2. The van der Waals surface area contributed by atoms with E-state index < -0.39 is 6.04 Å². The van der Waals surface area contributed by atoms with Crippen LogP contribution in [-0.4, -0.2) is 23.9 Å². The smallest absolute Gasteiger partial charge is 0.257 e. The second-order valence-corrected chi connectivity index (χ2v) is 3.53. The highest BCUT2D eigenvalue weighted by Crippen LogP contribution is 2.18. The van der Waals surface area contributed by atoms with E-state index >= 15 is 0 Å². The SMILES string of the molecule is COCC(N)c1noc(-c2ccc(F)cc2)n1. The van der Waals surface area contributed by atoms with Crippen molar-refractivity contribution in [1.82, 2.24) is 10.1 Å². The largest absolute Gasteiger partial charge is 0.383 e. The van der Waals surface area contributed by atoms with Crippen molar-refractivity contribution in [2.45, 2.75) is 6.04 Å². The van der Waals surface area contributed by atoms with Gasteiger partial charge in [0, 0.05) is 12.7 Å². The molecule has 0 aliphatic carbocycles. The molecule has 1 heterocycles. The van der Waals surface area contributed by atoms with Gasteiger partial charge in [0.1, 0.15) is 5.82 Å². The first-order valence-electron chi connectivity index (χ1n) is 5.05. The molecule has 17 heavy (non-hydrogen) atoms. The summed E-state index contributed by atoms with van der Waals surface area (Å²) in [6, 6.07) is 5.35. The van der Waals surface area contributed by atoms with Gasteiger partial charge in [-0.1, -0.05) is 5.16 Å². The maximum atomic E-state index is 12.7. The van der Waals surface area contributed by atoms with Gasteiger partial charge >= 0.3 is 0 Å². The van der Waals surface area contributed by atoms with Crippen LogP contribution >= 0.6 is 0 Å². The highest BCUT2D eigenvalue weighted by atomic mass is 19.1. The average molecular weight is 237 g/mol. The monoisotopic (exact) mass is 237 g/mol. The predicted octanol–water partition coefficient (Wildman–Crippen LogP) is 1.52. The number of benzene rings is 1. The average Bonchev–Trinajstić information content (AvgIpc) is 2.80. The third kappa shape index (κ3) is 2.66.